The summed E-state index contributed by atoms with van der Waals surface area (Å²) in [6, 6.07) is 0. The van der Waals surface area contributed by atoms with Gasteiger partial charge in [0.25, 0.3) is 0 Å². The van der Waals surface area contributed by atoms with Gasteiger partial charge in [-0.3, -0.25) is 0 Å². The van der Waals surface area contributed by atoms with Gasteiger partial charge in [0.15, 0.2) is 0 Å². The van der Waals surface area contributed by atoms with E-state index < -0.39 is 0 Å². The molecule has 1 N–H and O–H groups in total. The van der Waals surface area contributed by atoms with Crippen molar-refractivity contribution in [2.24, 2.45) is 5.41 Å². The van der Waals surface area contributed by atoms with Gasteiger partial charge in [0.05, 0.1) is 0 Å². The number of nitrogens with zero attached hydrogens (tertiary/aromatic N) is 3. The standard InChI is InChI=1S/C15H26N4/c1-12-9-16-14(18-13(12)2)17-10-15(11-19(3)4)7-5-6-8-15/h9H,5-8,10-11H2,1-4H3,(H,16,17,18). The summed E-state index contributed by atoms with van der Waals surface area (Å²) in [6.07, 6.45) is 7.22. The van der Waals surface area contributed by atoms with Crippen LogP contribution in [0.15, 0.2) is 6.20 Å². The van der Waals surface area contributed by atoms with Gasteiger partial charge in [-0.15, -0.1) is 0 Å². The van der Waals surface area contributed by atoms with Crippen LogP contribution in [0.2, 0.25) is 0 Å². The third kappa shape index (κ3) is 3.66. The molecule has 1 aromatic rings. The normalized spacial score (nSPS) is 17.9. The predicted molar refractivity (Wildman–Crippen MR) is 79.5 cm³/mol. The Balaban J connectivity index is 2.00. The van der Waals surface area contributed by atoms with E-state index in [4.69, 9.17) is 0 Å². The Labute approximate surface area is 116 Å². The molecule has 0 saturated heterocycles. The topological polar surface area (TPSA) is 41.1 Å². The number of hydrogen-bond acceptors (Lipinski definition) is 4. The Kier molecular flexibility index (Phi) is 4.40. The van der Waals surface area contributed by atoms with Crippen molar-refractivity contribution >= 4 is 5.95 Å². The van der Waals surface area contributed by atoms with E-state index in [0.717, 1.165) is 30.3 Å². The van der Waals surface area contributed by atoms with Crippen LogP contribution in [-0.2, 0) is 0 Å². The lowest BCUT2D eigenvalue weighted by atomic mass is 9.85. The second-order valence-corrected chi connectivity index (χ2v) is 6.26. The first-order chi connectivity index (χ1) is 9.01. The maximum absolute atomic E-state index is 4.51. The van der Waals surface area contributed by atoms with E-state index in [2.05, 4.69) is 34.3 Å². The number of nitrogens with one attached hydrogen (secondary N) is 1. The van der Waals surface area contributed by atoms with Gasteiger partial charge in [-0.05, 0) is 46.3 Å². The first kappa shape index (κ1) is 14.3. The molecule has 0 amide bonds. The second kappa shape index (κ2) is 5.87. The molecule has 0 spiro atoms. The second-order valence-electron chi connectivity index (χ2n) is 6.26. The smallest absolute Gasteiger partial charge is 0.222 e. The van der Waals surface area contributed by atoms with Crippen LogP contribution in [0.5, 0.6) is 0 Å². The van der Waals surface area contributed by atoms with Crippen molar-refractivity contribution in [3.63, 3.8) is 0 Å². The number of aromatic nitrogens is 2. The number of hydrogen-bond donors (Lipinski definition) is 1. The van der Waals surface area contributed by atoms with Gasteiger partial charge < -0.3 is 10.2 Å². The van der Waals surface area contributed by atoms with Crippen LogP contribution in [0.4, 0.5) is 5.95 Å². The first-order valence-corrected chi connectivity index (χ1v) is 7.20. The minimum absolute atomic E-state index is 0.394. The van der Waals surface area contributed by atoms with E-state index >= 15 is 0 Å². The van der Waals surface area contributed by atoms with Crippen LogP contribution in [0.25, 0.3) is 0 Å². The molecule has 0 aliphatic heterocycles. The van der Waals surface area contributed by atoms with Gasteiger partial charge in [0, 0.05) is 30.4 Å². The highest BCUT2D eigenvalue weighted by Crippen LogP contribution is 2.38. The average Bonchev–Trinajstić information content (AvgIpc) is 2.79. The van der Waals surface area contributed by atoms with Crippen molar-refractivity contribution in [3.05, 3.63) is 17.5 Å². The fraction of sp³-hybridized carbons (Fsp3) is 0.733. The molecule has 1 aliphatic rings. The minimum Gasteiger partial charge on any atom is -0.354 e. The summed E-state index contributed by atoms with van der Waals surface area (Å²) >= 11 is 0. The molecule has 2 rings (SSSR count). The molecule has 0 unspecified atom stereocenters. The van der Waals surface area contributed by atoms with Crippen LogP contribution in [-0.4, -0.2) is 42.1 Å². The van der Waals surface area contributed by atoms with Crippen molar-refractivity contribution in [1.82, 2.24) is 14.9 Å². The Hall–Kier alpha value is -1.16. The Morgan fingerprint density at radius 3 is 2.53 bits per heavy atom. The lowest BCUT2D eigenvalue weighted by molar-refractivity contribution is 0.215. The minimum atomic E-state index is 0.394. The highest BCUT2D eigenvalue weighted by Gasteiger charge is 2.34. The van der Waals surface area contributed by atoms with E-state index in [0.29, 0.717) is 5.41 Å². The molecule has 1 heterocycles. The Morgan fingerprint density at radius 1 is 1.26 bits per heavy atom. The number of rotatable bonds is 5. The summed E-state index contributed by atoms with van der Waals surface area (Å²) in [6.45, 7) is 6.20. The molecule has 1 aromatic heterocycles. The maximum atomic E-state index is 4.51. The number of anilines is 1. The van der Waals surface area contributed by atoms with Gasteiger partial charge in [-0.1, -0.05) is 12.8 Å². The van der Waals surface area contributed by atoms with Gasteiger partial charge in [-0.2, -0.15) is 0 Å². The third-order valence-electron chi connectivity index (χ3n) is 4.16. The molecule has 4 heteroatoms. The molecule has 19 heavy (non-hydrogen) atoms. The van der Waals surface area contributed by atoms with Crippen LogP contribution in [0.3, 0.4) is 0 Å². The summed E-state index contributed by atoms with van der Waals surface area (Å²) in [7, 11) is 4.32. The third-order valence-corrected chi connectivity index (χ3v) is 4.16. The quantitative estimate of drug-likeness (QED) is 0.885. The van der Waals surface area contributed by atoms with Crippen LogP contribution < -0.4 is 5.32 Å². The molecule has 1 saturated carbocycles. The zero-order valence-electron chi connectivity index (χ0n) is 12.7. The first-order valence-electron chi connectivity index (χ1n) is 7.20. The van der Waals surface area contributed by atoms with E-state index in [1.165, 1.54) is 25.7 Å². The van der Waals surface area contributed by atoms with Crippen LogP contribution >= 0.6 is 0 Å². The van der Waals surface area contributed by atoms with Crippen molar-refractivity contribution in [3.8, 4) is 0 Å². The maximum Gasteiger partial charge on any atom is 0.222 e. The molecule has 0 aromatic carbocycles. The van der Waals surface area contributed by atoms with Crippen molar-refractivity contribution in [1.29, 1.82) is 0 Å². The summed E-state index contributed by atoms with van der Waals surface area (Å²) in [5.74, 6) is 0.771. The van der Waals surface area contributed by atoms with E-state index in [1.54, 1.807) is 0 Å². The van der Waals surface area contributed by atoms with Gasteiger partial charge in [-0.25, -0.2) is 9.97 Å². The SMILES string of the molecule is Cc1cnc(NCC2(CN(C)C)CCCC2)nc1C. The molecule has 4 nitrogen and oxygen atoms in total. The van der Waals surface area contributed by atoms with Gasteiger partial charge >= 0.3 is 0 Å². The average molecular weight is 262 g/mol. The fourth-order valence-electron chi connectivity index (χ4n) is 3.07. The highest BCUT2D eigenvalue weighted by atomic mass is 15.1. The summed E-state index contributed by atoms with van der Waals surface area (Å²) in [4.78, 5) is 11.2. The molecule has 1 fully saturated rings. The molecular formula is C15H26N4. The highest BCUT2D eigenvalue weighted by molar-refractivity contribution is 5.29. The number of aryl methyl sites for hydroxylation is 2. The Bertz CT molecular complexity index is 422. The van der Waals surface area contributed by atoms with E-state index in [9.17, 15) is 0 Å². The zero-order chi connectivity index (χ0) is 13.9. The molecule has 1 aliphatic carbocycles. The monoisotopic (exact) mass is 262 g/mol. The molecule has 0 bridgehead atoms. The van der Waals surface area contributed by atoms with Crippen molar-refractivity contribution in [2.75, 3.05) is 32.5 Å². The lowest BCUT2D eigenvalue weighted by Crippen LogP contribution is -2.37. The van der Waals surface area contributed by atoms with Crippen LogP contribution in [0, 0.1) is 19.3 Å². The Morgan fingerprint density at radius 2 is 1.95 bits per heavy atom. The predicted octanol–water partition coefficient (Wildman–Crippen LogP) is 2.63. The zero-order valence-corrected chi connectivity index (χ0v) is 12.7. The van der Waals surface area contributed by atoms with Crippen LogP contribution in [0.1, 0.15) is 36.9 Å². The van der Waals surface area contributed by atoms with Crippen molar-refractivity contribution < 1.29 is 0 Å². The van der Waals surface area contributed by atoms with Gasteiger partial charge in [0.2, 0.25) is 5.95 Å². The summed E-state index contributed by atoms with van der Waals surface area (Å²) < 4.78 is 0. The van der Waals surface area contributed by atoms with E-state index in [-0.39, 0.29) is 0 Å². The largest absolute Gasteiger partial charge is 0.354 e. The van der Waals surface area contributed by atoms with Gasteiger partial charge in [0.1, 0.15) is 0 Å². The fourth-order valence-corrected chi connectivity index (χ4v) is 3.07. The summed E-state index contributed by atoms with van der Waals surface area (Å²) in [5, 5.41) is 3.45. The molecule has 106 valence electrons. The molecule has 0 atom stereocenters. The molecular weight excluding hydrogens is 236 g/mol. The lowest BCUT2D eigenvalue weighted by Gasteiger charge is -2.32. The molecule has 0 radical (unpaired) electrons. The van der Waals surface area contributed by atoms with Crippen molar-refractivity contribution in [2.45, 2.75) is 39.5 Å². The summed E-state index contributed by atoms with van der Waals surface area (Å²) in [5.41, 5.74) is 2.60. The van der Waals surface area contributed by atoms with E-state index in [1.807, 2.05) is 20.0 Å².